The van der Waals surface area contributed by atoms with E-state index in [1.165, 1.54) is 5.57 Å². The summed E-state index contributed by atoms with van der Waals surface area (Å²) in [7, 11) is 0. The molecule has 2 aliphatic rings. The van der Waals surface area contributed by atoms with Crippen LogP contribution in [-0.2, 0) is 9.53 Å². The maximum Gasteiger partial charge on any atom is 0.307 e. The lowest BCUT2D eigenvalue weighted by atomic mass is 9.53. The van der Waals surface area contributed by atoms with E-state index in [0.29, 0.717) is 5.92 Å². The fraction of sp³-hybridized carbons (Fsp3) is 0.800. The third kappa shape index (κ3) is 3.02. The molecule has 0 aromatic rings. The van der Waals surface area contributed by atoms with E-state index in [4.69, 9.17) is 4.74 Å². The zero-order chi connectivity index (χ0) is 15.1. The maximum atomic E-state index is 12.1. The van der Waals surface area contributed by atoms with Crippen LogP contribution in [0.15, 0.2) is 11.6 Å². The summed E-state index contributed by atoms with van der Waals surface area (Å²) in [6.45, 7) is 7.36. The summed E-state index contributed by atoms with van der Waals surface area (Å²) in [5, 5.41) is 11.0. The van der Waals surface area contributed by atoms with Gasteiger partial charge >= 0.3 is 5.97 Å². The highest BCUT2D eigenvalue weighted by molar-refractivity contribution is 5.71. The first-order valence-corrected chi connectivity index (χ1v) is 7.12. The van der Waals surface area contributed by atoms with E-state index in [2.05, 4.69) is 13.0 Å². The van der Waals surface area contributed by atoms with Gasteiger partial charge in [0.1, 0.15) is 5.60 Å². The van der Waals surface area contributed by atoms with Gasteiger partial charge in [0.25, 0.3) is 0 Å². The van der Waals surface area contributed by atoms with Crippen molar-refractivity contribution in [3.8, 4) is 0 Å². The van der Waals surface area contributed by atoms with Crippen molar-refractivity contribution >= 4 is 5.97 Å². The topological polar surface area (TPSA) is 69.4 Å². The Morgan fingerprint density at radius 1 is 1.55 bits per heavy atom. The van der Waals surface area contributed by atoms with Gasteiger partial charge in [-0.05, 0) is 52.4 Å². The molecule has 2 rings (SSSR count). The minimum Gasteiger partial charge on any atom is -0.460 e. The molecule has 0 radical (unpaired) electrons. The summed E-state index contributed by atoms with van der Waals surface area (Å²) in [6.07, 6.45) is 4.04. The van der Waals surface area contributed by atoms with Crippen LogP contribution in [0.4, 0.5) is 0 Å². The number of ether oxygens (including phenoxy) is 1. The quantitative estimate of drug-likeness (QED) is 0.344. The highest BCUT2D eigenvalue weighted by Crippen LogP contribution is 2.59. The third-order valence-electron chi connectivity index (χ3n) is 4.29. The van der Waals surface area contributed by atoms with Crippen molar-refractivity contribution in [3.63, 3.8) is 0 Å². The Balaban J connectivity index is 2.10. The number of fused-ring (bicyclic) bond motifs is 1. The number of carbonyl (C=O) groups excluding carboxylic acids is 1. The average molecular weight is 281 g/mol. The van der Waals surface area contributed by atoms with Crippen molar-refractivity contribution in [2.75, 3.05) is 6.54 Å². The van der Waals surface area contributed by atoms with Gasteiger partial charge in [0.05, 0.1) is 11.8 Å². The second-order valence-corrected chi connectivity index (χ2v) is 7.32. The molecule has 20 heavy (non-hydrogen) atoms. The Morgan fingerprint density at radius 3 is 2.70 bits per heavy atom. The van der Waals surface area contributed by atoms with Crippen LogP contribution < -0.4 is 0 Å². The van der Waals surface area contributed by atoms with Crippen molar-refractivity contribution in [2.45, 2.75) is 52.6 Å². The largest absolute Gasteiger partial charge is 0.460 e. The highest BCUT2D eigenvalue weighted by Gasteiger charge is 2.58. The summed E-state index contributed by atoms with van der Waals surface area (Å²) in [6, 6.07) is 0. The van der Waals surface area contributed by atoms with Gasteiger partial charge in [0.2, 0.25) is 6.54 Å². The van der Waals surface area contributed by atoms with Crippen LogP contribution in [0.25, 0.3) is 0 Å². The summed E-state index contributed by atoms with van der Waals surface area (Å²) in [5.41, 5.74) is 0.209. The fourth-order valence-corrected chi connectivity index (χ4v) is 3.76. The molecule has 1 saturated carbocycles. The molecule has 0 saturated heterocycles. The number of hydrogen-bond acceptors (Lipinski definition) is 4. The Bertz CT molecular complexity index is 463. The fourth-order valence-electron chi connectivity index (χ4n) is 3.76. The zero-order valence-corrected chi connectivity index (χ0v) is 12.6. The number of rotatable bonds is 4. The van der Waals surface area contributed by atoms with E-state index in [0.717, 1.165) is 12.8 Å². The van der Waals surface area contributed by atoms with E-state index >= 15 is 0 Å². The van der Waals surface area contributed by atoms with Crippen molar-refractivity contribution in [1.82, 2.24) is 0 Å². The van der Waals surface area contributed by atoms with E-state index < -0.39 is 11.0 Å². The van der Waals surface area contributed by atoms with Gasteiger partial charge in [-0.1, -0.05) is 11.6 Å². The Hall–Kier alpha value is -1.39. The van der Waals surface area contributed by atoms with E-state index in [-0.39, 0.29) is 29.8 Å². The van der Waals surface area contributed by atoms with Crippen LogP contribution in [0.3, 0.4) is 0 Å². The van der Waals surface area contributed by atoms with Gasteiger partial charge in [-0.2, -0.15) is 0 Å². The van der Waals surface area contributed by atoms with Gasteiger partial charge in [0, 0.05) is 4.92 Å². The molecule has 0 aromatic carbocycles. The molecule has 0 aliphatic heterocycles. The SMILES string of the molecule is CC1=C[C@@H]2[C@H](C1)C[C@@]2(CC(=O)OC(C)(C)C)C[N+](=O)[O-]. The molecule has 0 heterocycles. The molecule has 3 atom stereocenters. The lowest BCUT2D eigenvalue weighted by molar-refractivity contribution is -0.506. The maximum absolute atomic E-state index is 12.1. The molecule has 0 N–H and O–H groups in total. The number of esters is 1. The molecular formula is C15H23NO4. The Kier molecular flexibility index (Phi) is 3.65. The minimum absolute atomic E-state index is 0.142. The van der Waals surface area contributed by atoms with E-state index in [9.17, 15) is 14.9 Å². The number of allylic oxidation sites excluding steroid dienone is 2. The first-order chi connectivity index (χ1) is 9.11. The summed E-state index contributed by atoms with van der Waals surface area (Å²) in [4.78, 5) is 22.7. The smallest absolute Gasteiger partial charge is 0.307 e. The van der Waals surface area contributed by atoms with Gasteiger partial charge in [-0.3, -0.25) is 14.9 Å². The standard InChI is InChI=1S/C15H23NO4/c1-10-5-11-7-15(9-16(18)19,12(11)6-10)8-13(17)20-14(2,3)4/h6,11-12H,5,7-9H2,1-4H3/t11-,12-,15-/m1/s1. The lowest BCUT2D eigenvalue weighted by Gasteiger charge is -2.49. The summed E-state index contributed by atoms with van der Waals surface area (Å²) >= 11 is 0. The highest BCUT2D eigenvalue weighted by atomic mass is 16.6. The van der Waals surface area contributed by atoms with Crippen LogP contribution >= 0.6 is 0 Å². The molecule has 1 fully saturated rings. The van der Waals surface area contributed by atoms with Crippen LogP contribution in [0.1, 0.15) is 47.0 Å². The molecule has 0 spiro atoms. The molecule has 0 unspecified atom stereocenters. The molecule has 2 aliphatic carbocycles. The first-order valence-electron chi connectivity index (χ1n) is 7.12. The Labute approximate surface area is 119 Å². The molecule has 5 heteroatoms. The molecule has 112 valence electrons. The number of nitrogens with zero attached hydrogens (tertiary/aromatic N) is 1. The number of nitro groups is 1. The second-order valence-electron chi connectivity index (χ2n) is 7.32. The normalized spacial score (nSPS) is 32.1. The van der Waals surface area contributed by atoms with Crippen LogP contribution in [0, 0.1) is 27.4 Å². The monoisotopic (exact) mass is 281 g/mol. The number of carbonyl (C=O) groups is 1. The predicted octanol–water partition coefficient (Wildman–Crippen LogP) is 2.97. The first kappa shape index (κ1) is 15.0. The van der Waals surface area contributed by atoms with Crippen molar-refractivity contribution < 1.29 is 14.5 Å². The van der Waals surface area contributed by atoms with Crippen LogP contribution in [0.2, 0.25) is 0 Å². The van der Waals surface area contributed by atoms with Gasteiger partial charge in [-0.25, -0.2) is 0 Å². The van der Waals surface area contributed by atoms with Crippen LogP contribution in [0.5, 0.6) is 0 Å². The van der Waals surface area contributed by atoms with E-state index in [1.54, 1.807) is 0 Å². The summed E-state index contributed by atoms with van der Waals surface area (Å²) < 4.78 is 5.34. The molecule has 0 amide bonds. The average Bonchev–Trinajstić information content (AvgIpc) is 2.51. The molecule has 0 bridgehead atoms. The van der Waals surface area contributed by atoms with E-state index in [1.807, 2.05) is 20.8 Å². The zero-order valence-electron chi connectivity index (χ0n) is 12.6. The van der Waals surface area contributed by atoms with Gasteiger partial charge in [-0.15, -0.1) is 0 Å². The molecule has 5 nitrogen and oxygen atoms in total. The minimum atomic E-state index is -0.544. The van der Waals surface area contributed by atoms with Crippen molar-refractivity contribution in [3.05, 3.63) is 21.8 Å². The summed E-state index contributed by atoms with van der Waals surface area (Å²) in [5.74, 6) is 0.327. The van der Waals surface area contributed by atoms with Crippen LogP contribution in [-0.4, -0.2) is 23.0 Å². The second kappa shape index (κ2) is 4.86. The molecule has 0 aromatic heterocycles. The molecular weight excluding hydrogens is 258 g/mol. The lowest BCUT2D eigenvalue weighted by Crippen LogP contribution is -2.51. The van der Waals surface area contributed by atoms with Crippen molar-refractivity contribution in [1.29, 1.82) is 0 Å². The Morgan fingerprint density at radius 2 is 2.20 bits per heavy atom. The van der Waals surface area contributed by atoms with Gasteiger partial charge < -0.3 is 4.74 Å². The predicted molar refractivity (Wildman–Crippen MR) is 74.7 cm³/mol. The third-order valence-corrected chi connectivity index (χ3v) is 4.29. The van der Waals surface area contributed by atoms with Crippen molar-refractivity contribution in [2.24, 2.45) is 17.3 Å². The number of hydrogen-bond donors (Lipinski definition) is 0. The van der Waals surface area contributed by atoms with Gasteiger partial charge in [0.15, 0.2) is 0 Å².